The zero-order valence-electron chi connectivity index (χ0n) is 12.6. The lowest BCUT2D eigenvalue weighted by Gasteiger charge is -2.12. The molecule has 1 atom stereocenters. The van der Waals surface area contributed by atoms with Gasteiger partial charge in [-0.3, -0.25) is 4.68 Å². The van der Waals surface area contributed by atoms with Gasteiger partial charge in [0, 0.05) is 21.5 Å². The van der Waals surface area contributed by atoms with Gasteiger partial charge in [0.15, 0.2) is 5.03 Å². The summed E-state index contributed by atoms with van der Waals surface area (Å²) in [5.74, 6) is 0. The molecule has 2 aromatic heterocycles. The molecule has 0 spiro atoms. The molecule has 0 saturated heterocycles. The minimum absolute atomic E-state index is 0.0239. The highest BCUT2D eigenvalue weighted by atomic mass is 79.9. The third-order valence-corrected chi connectivity index (χ3v) is 6.18. The quantitative estimate of drug-likeness (QED) is 0.652. The fraction of sp³-hybridized carbons (Fsp3) is 0.214. The summed E-state index contributed by atoms with van der Waals surface area (Å²) < 4.78 is 30.0. The molecule has 0 aliphatic carbocycles. The van der Waals surface area contributed by atoms with Crippen LogP contribution in [0.25, 0.3) is 10.6 Å². The van der Waals surface area contributed by atoms with Gasteiger partial charge >= 0.3 is 0 Å². The maximum Gasteiger partial charge on any atom is 0.259 e. The molecule has 0 bridgehead atoms. The second-order valence-corrected chi connectivity index (χ2v) is 8.57. The van der Waals surface area contributed by atoms with E-state index in [0.717, 1.165) is 10.0 Å². The first-order valence-corrected chi connectivity index (χ1v) is 10.2. The predicted octanol–water partition coefficient (Wildman–Crippen LogP) is 2.53. The van der Waals surface area contributed by atoms with E-state index in [2.05, 4.69) is 35.7 Å². The largest absolute Gasteiger partial charge is 0.259 e. The van der Waals surface area contributed by atoms with E-state index < -0.39 is 10.0 Å². The molecule has 1 N–H and O–H groups in total. The summed E-state index contributed by atoms with van der Waals surface area (Å²) in [6.07, 6.45) is 2.95. The minimum atomic E-state index is -3.68. The fourth-order valence-electron chi connectivity index (χ4n) is 2.08. The molecule has 2 heterocycles. The highest BCUT2D eigenvalue weighted by Gasteiger charge is 2.21. The van der Waals surface area contributed by atoms with E-state index in [1.807, 2.05) is 24.3 Å². The predicted molar refractivity (Wildman–Crippen MR) is 95.1 cm³/mol. The number of hydrogen-bond donors (Lipinski definition) is 1. The lowest BCUT2D eigenvalue weighted by Crippen LogP contribution is -2.36. The molecule has 0 fully saturated rings. The summed E-state index contributed by atoms with van der Waals surface area (Å²) in [6, 6.07) is 7.22. The monoisotopic (exact) mass is 427 g/mol. The average molecular weight is 428 g/mol. The van der Waals surface area contributed by atoms with Crippen LogP contribution in [0.1, 0.15) is 6.92 Å². The van der Waals surface area contributed by atoms with Gasteiger partial charge in [0.25, 0.3) is 10.0 Å². The normalized spacial score (nSPS) is 13.1. The number of sulfonamides is 1. The number of rotatable bonds is 6. The van der Waals surface area contributed by atoms with Crippen molar-refractivity contribution in [3.05, 3.63) is 46.8 Å². The van der Waals surface area contributed by atoms with Crippen LogP contribution in [-0.4, -0.2) is 34.2 Å². The van der Waals surface area contributed by atoms with Crippen LogP contribution in [-0.2, 0) is 16.6 Å². The Morgan fingerprint density at radius 1 is 1.33 bits per heavy atom. The molecular weight excluding hydrogens is 414 g/mol. The van der Waals surface area contributed by atoms with Gasteiger partial charge in [-0.15, -0.1) is 11.3 Å². The molecule has 0 aliphatic rings. The molecule has 7 nitrogen and oxygen atoms in total. The van der Waals surface area contributed by atoms with Gasteiger partial charge in [-0.25, -0.2) is 23.1 Å². The molecule has 3 aromatic rings. The Balaban J connectivity index is 1.74. The molecule has 0 amide bonds. The first-order valence-electron chi connectivity index (χ1n) is 7.00. The number of thiazole rings is 1. The molecule has 126 valence electrons. The van der Waals surface area contributed by atoms with Crippen LogP contribution in [0.4, 0.5) is 0 Å². The summed E-state index contributed by atoms with van der Waals surface area (Å²) in [6.45, 7) is 2.16. The van der Waals surface area contributed by atoms with E-state index in [-0.39, 0.29) is 11.1 Å². The number of benzene rings is 1. The molecule has 1 aromatic carbocycles. The van der Waals surface area contributed by atoms with Gasteiger partial charge in [0.2, 0.25) is 0 Å². The van der Waals surface area contributed by atoms with Gasteiger partial charge in [-0.1, -0.05) is 28.1 Å². The van der Waals surface area contributed by atoms with E-state index in [1.54, 1.807) is 23.3 Å². The topological polar surface area (TPSA) is 89.8 Å². The van der Waals surface area contributed by atoms with Crippen LogP contribution in [0.3, 0.4) is 0 Å². The van der Waals surface area contributed by atoms with Crippen LogP contribution in [0.2, 0.25) is 0 Å². The first-order chi connectivity index (χ1) is 11.4. The van der Waals surface area contributed by atoms with Crippen molar-refractivity contribution in [1.82, 2.24) is 24.5 Å². The van der Waals surface area contributed by atoms with E-state index >= 15 is 0 Å². The first kappa shape index (κ1) is 17.2. The third kappa shape index (κ3) is 4.07. The van der Waals surface area contributed by atoms with Crippen molar-refractivity contribution in [2.45, 2.75) is 24.5 Å². The van der Waals surface area contributed by atoms with E-state index in [0.29, 0.717) is 11.6 Å². The van der Waals surface area contributed by atoms with E-state index in [4.69, 9.17) is 0 Å². The van der Waals surface area contributed by atoms with Gasteiger partial charge < -0.3 is 0 Å². The SMILES string of the molecule is CC(Cn1cncn1)NS(=O)(=O)c1csc(-c2ccc(Br)cc2)n1. The van der Waals surface area contributed by atoms with Crippen molar-refractivity contribution in [3.63, 3.8) is 0 Å². The molecule has 10 heteroatoms. The summed E-state index contributed by atoms with van der Waals surface area (Å²) in [4.78, 5) is 8.08. The second-order valence-electron chi connectivity index (χ2n) is 5.14. The number of aromatic nitrogens is 4. The molecule has 0 radical (unpaired) electrons. The molecule has 0 saturated carbocycles. The third-order valence-electron chi connectivity index (χ3n) is 3.13. The Morgan fingerprint density at radius 3 is 2.75 bits per heavy atom. The van der Waals surface area contributed by atoms with Crippen LogP contribution >= 0.6 is 27.3 Å². The standard InChI is InChI=1S/C14H14BrN5O2S2/c1-10(6-20-9-16-8-17-20)19-24(21,22)13-7-23-14(18-13)11-2-4-12(15)5-3-11/h2-5,7-10,19H,6H2,1H3. The minimum Gasteiger partial charge on any atom is -0.251 e. The highest BCUT2D eigenvalue weighted by molar-refractivity contribution is 9.10. The molecule has 0 aliphatic heterocycles. The van der Waals surface area contributed by atoms with Crippen LogP contribution < -0.4 is 4.72 Å². The Kier molecular flexibility index (Phi) is 5.09. The van der Waals surface area contributed by atoms with Crippen molar-refractivity contribution in [2.24, 2.45) is 0 Å². The van der Waals surface area contributed by atoms with Crippen LogP contribution in [0.15, 0.2) is 51.8 Å². The summed E-state index contributed by atoms with van der Waals surface area (Å²) in [5, 5.41) is 6.19. The Bertz CT molecular complexity index is 907. The fourth-order valence-corrected chi connectivity index (χ4v) is 4.68. The second kappa shape index (κ2) is 7.09. The van der Waals surface area contributed by atoms with Crippen molar-refractivity contribution in [2.75, 3.05) is 0 Å². The van der Waals surface area contributed by atoms with E-state index in [1.165, 1.54) is 17.7 Å². The van der Waals surface area contributed by atoms with Crippen LogP contribution in [0, 0.1) is 0 Å². The van der Waals surface area contributed by atoms with Gasteiger partial charge in [-0.05, 0) is 19.1 Å². The summed E-state index contributed by atoms with van der Waals surface area (Å²) >= 11 is 4.67. The van der Waals surface area contributed by atoms with Gasteiger partial charge in [0.1, 0.15) is 17.7 Å². The zero-order chi connectivity index (χ0) is 17.2. The maximum atomic E-state index is 12.5. The van der Waals surface area contributed by atoms with Crippen molar-refractivity contribution in [1.29, 1.82) is 0 Å². The van der Waals surface area contributed by atoms with Crippen molar-refractivity contribution >= 4 is 37.3 Å². The average Bonchev–Trinajstić information content (AvgIpc) is 3.18. The maximum absolute atomic E-state index is 12.5. The highest BCUT2D eigenvalue weighted by Crippen LogP contribution is 2.26. The Labute approximate surface area is 152 Å². The lowest BCUT2D eigenvalue weighted by molar-refractivity contribution is 0.492. The van der Waals surface area contributed by atoms with Gasteiger partial charge in [0.05, 0.1) is 6.54 Å². The molecular formula is C14H14BrN5O2S2. The zero-order valence-corrected chi connectivity index (χ0v) is 15.8. The smallest absolute Gasteiger partial charge is 0.251 e. The number of hydrogen-bond acceptors (Lipinski definition) is 6. The van der Waals surface area contributed by atoms with E-state index in [9.17, 15) is 8.42 Å². The summed E-state index contributed by atoms with van der Waals surface area (Å²) in [5.41, 5.74) is 0.875. The Morgan fingerprint density at radius 2 is 2.08 bits per heavy atom. The van der Waals surface area contributed by atoms with Crippen molar-refractivity contribution < 1.29 is 8.42 Å². The Hall–Kier alpha value is -1.62. The van der Waals surface area contributed by atoms with Crippen molar-refractivity contribution in [3.8, 4) is 10.6 Å². The number of nitrogens with zero attached hydrogens (tertiary/aromatic N) is 4. The molecule has 24 heavy (non-hydrogen) atoms. The van der Waals surface area contributed by atoms with Crippen LogP contribution in [0.5, 0.6) is 0 Å². The number of halogens is 1. The lowest BCUT2D eigenvalue weighted by atomic mass is 10.2. The summed E-state index contributed by atoms with van der Waals surface area (Å²) in [7, 11) is -3.68. The molecule has 3 rings (SSSR count). The number of nitrogens with one attached hydrogen (secondary N) is 1. The molecule has 1 unspecified atom stereocenters. The van der Waals surface area contributed by atoms with Gasteiger partial charge in [-0.2, -0.15) is 5.10 Å².